The minimum Gasteiger partial charge on any atom is -0.504 e. The van der Waals surface area contributed by atoms with E-state index in [0.717, 1.165) is 7.05 Å². The Kier molecular flexibility index (Phi) is 6.93. The lowest BCUT2D eigenvalue weighted by atomic mass is 10.0. The van der Waals surface area contributed by atoms with Gasteiger partial charge in [0, 0.05) is 13.7 Å². The van der Waals surface area contributed by atoms with Gasteiger partial charge in [0.05, 0.1) is 10.5 Å². The molecule has 0 aliphatic heterocycles. The number of rotatable bonds is 6. The Morgan fingerprint density at radius 2 is 1.96 bits per heavy atom. The number of aromatic hydroxyl groups is 2. The van der Waals surface area contributed by atoms with E-state index in [0.29, 0.717) is 6.42 Å². The molecule has 0 saturated heterocycles. The zero-order chi connectivity index (χ0) is 20.9. The van der Waals surface area contributed by atoms with Gasteiger partial charge in [0.2, 0.25) is 5.75 Å². The summed E-state index contributed by atoms with van der Waals surface area (Å²) in [6.45, 7) is 1.71. The number of halogens is 3. The zero-order valence-corrected chi connectivity index (χ0v) is 14.2. The molecule has 0 unspecified atom stereocenters. The molecule has 0 atom stereocenters. The van der Waals surface area contributed by atoms with Crippen LogP contribution in [0.25, 0.3) is 0 Å². The summed E-state index contributed by atoms with van der Waals surface area (Å²) in [5, 5.41) is 32.1. The first-order chi connectivity index (χ1) is 12.4. The van der Waals surface area contributed by atoms with Crippen LogP contribution in [-0.4, -0.2) is 52.4 Å². The molecule has 0 aliphatic rings. The summed E-state index contributed by atoms with van der Waals surface area (Å²) in [5.41, 5.74) is -5.14. The minimum absolute atomic E-state index is 0.0360. The number of imide groups is 1. The van der Waals surface area contributed by atoms with Gasteiger partial charge in [-0.2, -0.15) is 13.2 Å². The number of carbonyl (C=O) groups excluding carboxylic acids is 2. The number of amides is 3. The number of phenolic OH excluding ortho intramolecular Hbond substituents is 2. The molecule has 0 fully saturated rings. The fourth-order valence-electron chi connectivity index (χ4n) is 1.97. The van der Waals surface area contributed by atoms with Crippen LogP contribution in [0.15, 0.2) is 6.07 Å². The number of carbonyl (C=O) groups is 2. The quantitative estimate of drug-likeness (QED) is 0.220. The summed E-state index contributed by atoms with van der Waals surface area (Å²) < 4.78 is 44.6. The van der Waals surface area contributed by atoms with Gasteiger partial charge < -0.3 is 20.3 Å². The third kappa shape index (κ3) is 4.97. The smallest absolute Gasteiger partial charge is 0.417 e. The van der Waals surface area contributed by atoms with Crippen molar-refractivity contribution in [2.75, 3.05) is 20.4 Å². The molecule has 3 N–H and O–H groups in total. The lowest BCUT2D eigenvalue weighted by Gasteiger charge is -2.19. The minimum atomic E-state index is -5.29. The second-order valence-corrected chi connectivity index (χ2v) is 5.17. The fraction of sp³-hybridized carbons (Fsp3) is 0.429. The van der Waals surface area contributed by atoms with E-state index in [-0.39, 0.29) is 24.3 Å². The van der Waals surface area contributed by atoms with Gasteiger partial charge in [-0.25, -0.2) is 4.79 Å². The summed E-state index contributed by atoms with van der Waals surface area (Å²) >= 11 is 0. The summed E-state index contributed by atoms with van der Waals surface area (Å²) in [5.74, 6) is -4.68. The van der Waals surface area contributed by atoms with Crippen molar-refractivity contribution in [1.82, 2.24) is 10.2 Å². The number of nitrogens with one attached hydrogen (secondary N) is 1. The Hall–Kier alpha value is -3.09. The van der Waals surface area contributed by atoms with Crippen LogP contribution in [0.2, 0.25) is 0 Å². The normalized spacial score (nSPS) is 11.1. The first kappa shape index (κ1) is 22.0. The number of urea groups is 1. The van der Waals surface area contributed by atoms with Crippen LogP contribution < -0.4 is 5.32 Å². The van der Waals surface area contributed by atoms with Crippen LogP contribution in [0, 0.1) is 10.1 Å². The second kappa shape index (κ2) is 8.53. The molecular weight excluding hydrogens is 379 g/mol. The maximum atomic E-state index is 13.2. The van der Waals surface area contributed by atoms with E-state index in [1.165, 1.54) is 0 Å². The van der Waals surface area contributed by atoms with E-state index < -0.39 is 51.4 Å². The molecule has 0 bridgehead atoms. The van der Waals surface area contributed by atoms with Crippen LogP contribution >= 0.6 is 0 Å². The molecule has 0 aromatic heterocycles. The van der Waals surface area contributed by atoms with Crippen molar-refractivity contribution < 1.29 is 42.6 Å². The molecule has 150 valence electrons. The van der Waals surface area contributed by atoms with E-state index in [1.807, 2.05) is 0 Å². The molecule has 27 heavy (non-hydrogen) atoms. The third-order valence-electron chi connectivity index (χ3n) is 3.24. The number of hydrogen-bond donors (Lipinski definition) is 3. The Balaban J connectivity index is 3.37. The average molecular weight is 395 g/mol. The number of ether oxygens (including phenoxy) is 1. The number of phenols is 2. The predicted molar refractivity (Wildman–Crippen MR) is 83.2 cm³/mol. The molecule has 10 nitrogen and oxygen atoms in total. The molecule has 0 heterocycles. The van der Waals surface area contributed by atoms with Crippen LogP contribution in [0.1, 0.15) is 29.3 Å². The van der Waals surface area contributed by atoms with Crippen LogP contribution in [0.5, 0.6) is 11.5 Å². The van der Waals surface area contributed by atoms with Crippen LogP contribution in [0.3, 0.4) is 0 Å². The van der Waals surface area contributed by atoms with Gasteiger partial charge in [-0.1, -0.05) is 6.92 Å². The lowest BCUT2D eigenvalue weighted by Crippen LogP contribution is -2.42. The highest BCUT2D eigenvalue weighted by Gasteiger charge is 2.44. The molecule has 1 aromatic rings. The van der Waals surface area contributed by atoms with Crippen molar-refractivity contribution in [3.05, 3.63) is 27.3 Å². The number of alkyl halides is 3. The number of hydrogen-bond acceptors (Lipinski definition) is 7. The lowest BCUT2D eigenvalue weighted by molar-refractivity contribution is -0.386. The van der Waals surface area contributed by atoms with E-state index in [4.69, 9.17) is 4.74 Å². The largest absolute Gasteiger partial charge is 0.504 e. The maximum Gasteiger partial charge on any atom is 0.417 e. The highest BCUT2D eigenvalue weighted by molar-refractivity contribution is 6.08. The van der Waals surface area contributed by atoms with Crippen molar-refractivity contribution in [2.45, 2.75) is 19.5 Å². The Morgan fingerprint density at radius 3 is 2.44 bits per heavy atom. The predicted octanol–water partition coefficient (Wildman–Crippen LogP) is 2.19. The SMILES string of the molecule is CCCOCNC(=O)N(C)C(=O)c1c(C(F)(F)F)cc(O)c(O)c1[N+](=O)[O-]. The fourth-order valence-corrected chi connectivity index (χ4v) is 1.97. The Morgan fingerprint density at radius 1 is 1.37 bits per heavy atom. The van der Waals surface area contributed by atoms with Gasteiger partial charge in [0.1, 0.15) is 12.3 Å². The second-order valence-electron chi connectivity index (χ2n) is 5.17. The molecular formula is C14H16F3N3O7. The highest BCUT2D eigenvalue weighted by Crippen LogP contribution is 2.45. The third-order valence-corrected chi connectivity index (χ3v) is 3.24. The molecule has 0 spiro atoms. The van der Waals surface area contributed by atoms with Crippen molar-refractivity contribution in [2.24, 2.45) is 0 Å². The average Bonchev–Trinajstić information content (AvgIpc) is 2.57. The van der Waals surface area contributed by atoms with Crippen molar-refractivity contribution in [3.63, 3.8) is 0 Å². The Labute approximate surface area is 150 Å². The van der Waals surface area contributed by atoms with Gasteiger partial charge >= 0.3 is 17.9 Å². The van der Waals surface area contributed by atoms with Gasteiger partial charge in [-0.15, -0.1) is 0 Å². The van der Waals surface area contributed by atoms with E-state index in [1.54, 1.807) is 6.92 Å². The summed E-state index contributed by atoms with van der Waals surface area (Å²) in [6.07, 6.45) is -4.67. The molecule has 1 rings (SSSR count). The van der Waals surface area contributed by atoms with E-state index in [9.17, 15) is 43.1 Å². The van der Waals surface area contributed by atoms with Crippen LogP contribution in [-0.2, 0) is 10.9 Å². The standard InChI is InChI=1S/C14H16F3N3O7/c1-3-4-27-6-18-13(24)19(2)12(23)9-7(14(15,16)17)5-8(21)11(22)10(9)20(25)26/h5,21-22H,3-4,6H2,1-2H3,(H,18,24). The van der Waals surface area contributed by atoms with Crippen molar-refractivity contribution in [1.29, 1.82) is 0 Å². The zero-order valence-electron chi connectivity index (χ0n) is 14.2. The molecule has 0 saturated carbocycles. The van der Waals surface area contributed by atoms with E-state index in [2.05, 4.69) is 5.32 Å². The number of nitro groups is 1. The summed E-state index contributed by atoms with van der Waals surface area (Å²) in [6, 6.07) is -1.22. The summed E-state index contributed by atoms with van der Waals surface area (Å²) in [7, 11) is 0.783. The van der Waals surface area contributed by atoms with Gasteiger partial charge in [0.15, 0.2) is 5.75 Å². The van der Waals surface area contributed by atoms with E-state index >= 15 is 0 Å². The van der Waals surface area contributed by atoms with Crippen molar-refractivity contribution in [3.8, 4) is 11.5 Å². The summed E-state index contributed by atoms with van der Waals surface area (Å²) in [4.78, 5) is 34.0. The molecule has 0 radical (unpaired) electrons. The van der Waals surface area contributed by atoms with Gasteiger partial charge in [-0.3, -0.25) is 19.8 Å². The molecule has 3 amide bonds. The molecule has 13 heteroatoms. The molecule has 0 aliphatic carbocycles. The number of nitro benzene ring substituents is 1. The van der Waals surface area contributed by atoms with Crippen molar-refractivity contribution >= 4 is 17.6 Å². The Bertz CT molecular complexity index is 752. The highest BCUT2D eigenvalue weighted by atomic mass is 19.4. The number of nitrogens with zero attached hydrogens (tertiary/aromatic N) is 2. The first-order valence-electron chi connectivity index (χ1n) is 7.37. The first-order valence-corrected chi connectivity index (χ1v) is 7.37. The number of benzene rings is 1. The maximum absolute atomic E-state index is 13.2. The topological polar surface area (TPSA) is 142 Å². The van der Waals surface area contributed by atoms with Crippen LogP contribution in [0.4, 0.5) is 23.7 Å². The molecule has 1 aromatic carbocycles. The monoisotopic (exact) mass is 395 g/mol. The van der Waals surface area contributed by atoms with Gasteiger partial charge in [0.25, 0.3) is 5.91 Å². The van der Waals surface area contributed by atoms with Gasteiger partial charge in [-0.05, 0) is 12.5 Å².